The minimum absolute atomic E-state index is 0.184. The molecule has 1 amide bonds. The number of carbonyl (C=O) groups is 1. The van der Waals surface area contributed by atoms with Crippen molar-refractivity contribution in [2.75, 3.05) is 11.5 Å². The van der Waals surface area contributed by atoms with E-state index in [1.54, 1.807) is 18.3 Å². The van der Waals surface area contributed by atoms with Gasteiger partial charge >= 0.3 is 0 Å². The van der Waals surface area contributed by atoms with E-state index in [4.69, 9.17) is 9.15 Å². The monoisotopic (exact) mass is 354 g/mol. The Bertz CT molecular complexity index is 837. The average molecular weight is 354 g/mol. The molecule has 0 radical (unpaired) electrons. The zero-order chi connectivity index (χ0) is 17.1. The quantitative estimate of drug-likeness (QED) is 0.758. The maximum Gasteiger partial charge on any atom is 0.253 e. The molecule has 1 aliphatic rings. The first kappa shape index (κ1) is 16.0. The van der Waals surface area contributed by atoms with Crippen molar-refractivity contribution in [1.29, 1.82) is 0 Å². The number of amides is 1. The van der Waals surface area contributed by atoms with Crippen LogP contribution < -0.4 is 10.1 Å². The van der Waals surface area contributed by atoms with Crippen LogP contribution in [0, 0.1) is 0 Å². The predicted molar refractivity (Wildman–Crippen MR) is 98.0 cm³/mol. The van der Waals surface area contributed by atoms with Crippen LogP contribution in [0.5, 0.6) is 5.88 Å². The number of carbonyl (C=O) groups excluding carboxylic acids is 1. The first-order valence-corrected chi connectivity index (χ1v) is 9.39. The molecule has 4 rings (SSSR count). The highest BCUT2D eigenvalue weighted by Crippen LogP contribution is 2.22. The number of rotatable bonds is 5. The third-order valence-electron chi connectivity index (χ3n) is 4.07. The lowest BCUT2D eigenvalue weighted by Gasteiger charge is -2.11. The molecule has 5 nitrogen and oxygen atoms in total. The Balaban J connectivity index is 1.35. The number of hydrogen-bond donors (Lipinski definition) is 1. The van der Waals surface area contributed by atoms with Crippen molar-refractivity contribution in [2.45, 2.75) is 19.1 Å². The zero-order valence-electron chi connectivity index (χ0n) is 13.6. The average Bonchev–Trinajstić information content (AvgIpc) is 3.29. The van der Waals surface area contributed by atoms with Crippen LogP contribution in [-0.2, 0) is 6.54 Å². The zero-order valence-corrected chi connectivity index (χ0v) is 14.4. The lowest BCUT2D eigenvalue weighted by atomic mass is 10.2. The van der Waals surface area contributed by atoms with Gasteiger partial charge in [-0.15, -0.1) is 0 Å². The number of ether oxygens (including phenoxy) is 1. The number of thioether (sulfide) groups is 1. The Morgan fingerprint density at radius 2 is 2.24 bits per heavy atom. The summed E-state index contributed by atoms with van der Waals surface area (Å²) in [6.45, 7) is 0.338. The van der Waals surface area contributed by atoms with Crippen LogP contribution in [0.25, 0.3) is 11.0 Å². The van der Waals surface area contributed by atoms with Crippen molar-refractivity contribution < 1.29 is 13.9 Å². The molecule has 128 valence electrons. The van der Waals surface area contributed by atoms with Crippen LogP contribution in [0.4, 0.5) is 0 Å². The van der Waals surface area contributed by atoms with Crippen LogP contribution in [0.1, 0.15) is 22.5 Å². The summed E-state index contributed by atoms with van der Waals surface area (Å²) in [5.41, 5.74) is 1.32. The summed E-state index contributed by atoms with van der Waals surface area (Å²) in [5, 5.41) is 3.88. The van der Waals surface area contributed by atoms with Crippen molar-refractivity contribution in [2.24, 2.45) is 0 Å². The Morgan fingerprint density at radius 3 is 3.00 bits per heavy atom. The number of nitrogens with zero attached hydrogens (tertiary/aromatic N) is 1. The van der Waals surface area contributed by atoms with Gasteiger partial charge < -0.3 is 14.5 Å². The number of hydrogen-bond acceptors (Lipinski definition) is 5. The molecule has 1 saturated heterocycles. The molecule has 25 heavy (non-hydrogen) atoms. The van der Waals surface area contributed by atoms with Gasteiger partial charge in [-0.2, -0.15) is 11.8 Å². The fourth-order valence-electron chi connectivity index (χ4n) is 2.75. The molecular formula is C19H18N2O3S. The summed E-state index contributed by atoms with van der Waals surface area (Å²) >= 11 is 1.89. The maximum atomic E-state index is 12.3. The summed E-state index contributed by atoms with van der Waals surface area (Å²) in [7, 11) is 0. The van der Waals surface area contributed by atoms with Gasteiger partial charge in [0.25, 0.3) is 5.91 Å². The number of pyridine rings is 1. The maximum absolute atomic E-state index is 12.3. The number of fused-ring (bicyclic) bond motifs is 1. The normalized spacial score (nSPS) is 16.9. The van der Waals surface area contributed by atoms with Crippen molar-refractivity contribution in [3.8, 4) is 5.88 Å². The van der Waals surface area contributed by atoms with Gasteiger partial charge in [-0.1, -0.05) is 18.2 Å². The van der Waals surface area contributed by atoms with E-state index in [9.17, 15) is 4.79 Å². The van der Waals surface area contributed by atoms with E-state index in [-0.39, 0.29) is 12.0 Å². The number of furan rings is 1. The number of para-hydroxylation sites is 1. The van der Waals surface area contributed by atoms with Gasteiger partial charge in [-0.25, -0.2) is 4.98 Å². The van der Waals surface area contributed by atoms with Crippen LogP contribution in [0.15, 0.2) is 53.1 Å². The predicted octanol–water partition coefficient (Wildman–Crippen LogP) is 3.64. The molecule has 1 aromatic carbocycles. The molecule has 3 aromatic rings. The smallest absolute Gasteiger partial charge is 0.253 e. The molecule has 6 heteroatoms. The first-order valence-electron chi connectivity index (χ1n) is 8.24. The van der Waals surface area contributed by atoms with Crippen molar-refractivity contribution >= 4 is 28.6 Å². The summed E-state index contributed by atoms with van der Waals surface area (Å²) in [4.78, 5) is 16.5. The third-order valence-corrected chi connectivity index (χ3v) is 5.21. The highest BCUT2D eigenvalue weighted by molar-refractivity contribution is 7.99. The molecule has 3 heterocycles. The highest BCUT2D eigenvalue weighted by atomic mass is 32.2. The van der Waals surface area contributed by atoms with Gasteiger partial charge in [0, 0.05) is 23.4 Å². The van der Waals surface area contributed by atoms with Crippen LogP contribution >= 0.6 is 11.8 Å². The molecule has 0 bridgehead atoms. The SMILES string of the molecule is O=C(NCc1cc2ccccc2o1)c1ccc(OC2CCSC2)nc1. The largest absolute Gasteiger partial charge is 0.473 e. The van der Waals surface area contributed by atoms with Crippen LogP contribution in [0.2, 0.25) is 0 Å². The Hall–Kier alpha value is -2.47. The van der Waals surface area contributed by atoms with E-state index in [0.717, 1.165) is 34.7 Å². The minimum Gasteiger partial charge on any atom is -0.473 e. The molecule has 0 spiro atoms. The van der Waals surface area contributed by atoms with Crippen LogP contribution in [0.3, 0.4) is 0 Å². The Morgan fingerprint density at radius 1 is 1.32 bits per heavy atom. The van der Waals surface area contributed by atoms with Gasteiger partial charge in [-0.3, -0.25) is 4.79 Å². The van der Waals surface area contributed by atoms with Gasteiger partial charge in [0.15, 0.2) is 0 Å². The molecule has 1 atom stereocenters. The first-order chi connectivity index (χ1) is 12.3. The lowest BCUT2D eigenvalue weighted by Crippen LogP contribution is -2.22. The molecule has 1 aliphatic heterocycles. The topological polar surface area (TPSA) is 64.4 Å². The minimum atomic E-state index is -0.184. The van der Waals surface area contributed by atoms with E-state index in [2.05, 4.69) is 10.3 Å². The molecule has 0 aliphatic carbocycles. The van der Waals surface area contributed by atoms with Crippen LogP contribution in [-0.4, -0.2) is 28.5 Å². The second-order valence-corrected chi connectivity index (χ2v) is 7.07. The molecule has 1 fully saturated rings. The van der Waals surface area contributed by atoms with Crippen molar-refractivity contribution in [3.05, 3.63) is 60.0 Å². The molecule has 0 saturated carbocycles. The molecule has 1 N–H and O–H groups in total. The second kappa shape index (κ2) is 7.19. The number of aromatic nitrogens is 1. The van der Waals surface area contributed by atoms with Crippen molar-refractivity contribution in [3.63, 3.8) is 0 Å². The Labute approximate surface area is 149 Å². The van der Waals surface area contributed by atoms with E-state index < -0.39 is 0 Å². The van der Waals surface area contributed by atoms with Gasteiger partial charge in [-0.05, 0) is 30.4 Å². The molecule has 1 unspecified atom stereocenters. The Kier molecular flexibility index (Phi) is 4.61. The standard InChI is InChI=1S/C19H18N2O3S/c22-19(21-11-16-9-13-3-1-2-4-17(13)23-16)14-5-6-18(20-10-14)24-15-7-8-25-12-15/h1-6,9-10,15H,7-8,11-12H2,(H,21,22). The van der Waals surface area contributed by atoms with Gasteiger partial charge in [0.1, 0.15) is 17.4 Å². The molecule has 2 aromatic heterocycles. The summed E-state index contributed by atoms with van der Waals surface area (Å²) in [5.74, 6) is 3.24. The fraction of sp³-hybridized carbons (Fsp3) is 0.263. The fourth-order valence-corrected chi connectivity index (χ4v) is 3.85. The van der Waals surface area contributed by atoms with E-state index in [1.165, 1.54) is 0 Å². The van der Waals surface area contributed by atoms with E-state index in [0.29, 0.717) is 18.0 Å². The second-order valence-electron chi connectivity index (χ2n) is 5.92. The number of nitrogens with one attached hydrogen (secondary N) is 1. The summed E-state index contributed by atoms with van der Waals surface area (Å²) in [6.07, 6.45) is 2.82. The number of benzene rings is 1. The highest BCUT2D eigenvalue weighted by Gasteiger charge is 2.17. The van der Waals surface area contributed by atoms with Crippen molar-refractivity contribution in [1.82, 2.24) is 10.3 Å². The van der Waals surface area contributed by atoms with Gasteiger partial charge in [0.2, 0.25) is 5.88 Å². The molecular weight excluding hydrogens is 336 g/mol. The van der Waals surface area contributed by atoms with Gasteiger partial charge in [0.05, 0.1) is 12.1 Å². The third kappa shape index (κ3) is 3.79. The van der Waals surface area contributed by atoms with E-state index >= 15 is 0 Å². The summed E-state index contributed by atoms with van der Waals surface area (Å²) in [6, 6.07) is 13.2. The van der Waals surface area contributed by atoms with E-state index in [1.807, 2.05) is 42.1 Å². The summed E-state index contributed by atoms with van der Waals surface area (Å²) < 4.78 is 11.5. The lowest BCUT2D eigenvalue weighted by molar-refractivity contribution is 0.0947.